The van der Waals surface area contributed by atoms with Gasteiger partial charge in [0.05, 0.1) is 5.60 Å². The summed E-state index contributed by atoms with van der Waals surface area (Å²) in [4.78, 5) is 13.0. The molecular weight excluding hydrogens is 180 g/mol. The molecule has 84 valence electrons. The monoisotopic (exact) mass is 202 g/mol. The number of carbonyl (C=O) groups excluding carboxylic acids is 1. The number of likely N-dealkylation sites (N-methyl/N-ethyl adjacent to an activating group) is 1. The molecule has 0 heterocycles. The molecule has 0 radical (unpaired) electrons. The van der Waals surface area contributed by atoms with E-state index in [1.807, 2.05) is 13.8 Å². The summed E-state index contributed by atoms with van der Waals surface area (Å²) in [7, 11) is 3.43. The van der Waals surface area contributed by atoms with Gasteiger partial charge in [-0.2, -0.15) is 0 Å². The molecule has 0 spiro atoms. The number of amides is 1. The van der Waals surface area contributed by atoms with E-state index in [9.17, 15) is 4.79 Å². The second kappa shape index (κ2) is 5.32. The van der Waals surface area contributed by atoms with Crippen molar-refractivity contribution in [2.45, 2.75) is 38.9 Å². The molecule has 0 bridgehead atoms. The molecule has 0 aromatic carbocycles. The van der Waals surface area contributed by atoms with Crippen LogP contribution >= 0.6 is 0 Å². The molecule has 4 heteroatoms. The van der Waals surface area contributed by atoms with Crippen molar-refractivity contribution in [3.63, 3.8) is 0 Å². The Morgan fingerprint density at radius 1 is 1.57 bits per heavy atom. The minimum atomic E-state index is -0.432. The highest BCUT2D eigenvalue weighted by atomic mass is 16.5. The fraction of sp³-hybridized carbons (Fsp3) is 0.900. The molecule has 0 fully saturated rings. The Balaban J connectivity index is 4.29. The van der Waals surface area contributed by atoms with Gasteiger partial charge in [0.1, 0.15) is 6.10 Å². The molecule has 0 aromatic rings. The van der Waals surface area contributed by atoms with Gasteiger partial charge in [0.2, 0.25) is 0 Å². The van der Waals surface area contributed by atoms with Crippen LogP contribution in [0.5, 0.6) is 0 Å². The number of nitrogens with two attached hydrogens (primary N) is 1. The molecule has 0 aliphatic heterocycles. The number of hydrogen-bond acceptors (Lipinski definition) is 3. The van der Waals surface area contributed by atoms with Gasteiger partial charge in [-0.15, -0.1) is 0 Å². The fourth-order valence-electron chi connectivity index (χ4n) is 1.12. The largest absolute Gasteiger partial charge is 0.361 e. The minimum absolute atomic E-state index is 0.0295. The van der Waals surface area contributed by atoms with Gasteiger partial charge in [-0.3, -0.25) is 4.79 Å². The summed E-state index contributed by atoms with van der Waals surface area (Å²) in [6.07, 6.45) is 0.368. The smallest absolute Gasteiger partial charge is 0.250 e. The summed E-state index contributed by atoms with van der Waals surface area (Å²) >= 11 is 0. The SMILES string of the molecule is CCC(C)(CN)OC(C)C(=O)N(C)C. The second-order valence-electron chi connectivity index (χ2n) is 4.00. The van der Waals surface area contributed by atoms with Crippen molar-refractivity contribution in [1.82, 2.24) is 4.90 Å². The van der Waals surface area contributed by atoms with Crippen LogP contribution < -0.4 is 5.73 Å². The Kier molecular flexibility index (Phi) is 5.08. The molecule has 2 atom stereocenters. The quantitative estimate of drug-likeness (QED) is 0.710. The molecule has 1 amide bonds. The van der Waals surface area contributed by atoms with Crippen LogP contribution in [0.25, 0.3) is 0 Å². The highest BCUT2D eigenvalue weighted by Crippen LogP contribution is 2.16. The average Bonchev–Trinajstić information content (AvgIpc) is 2.16. The summed E-state index contributed by atoms with van der Waals surface area (Å²) in [5, 5.41) is 0. The fourth-order valence-corrected chi connectivity index (χ4v) is 1.12. The van der Waals surface area contributed by atoms with Crippen molar-refractivity contribution in [3.8, 4) is 0 Å². The maximum atomic E-state index is 11.5. The summed E-state index contributed by atoms with van der Waals surface area (Å²) < 4.78 is 5.64. The number of rotatable bonds is 5. The predicted molar refractivity (Wildman–Crippen MR) is 57.0 cm³/mol. The first-order chi connectivity index (χ1) is 6.36. The van der Waals surface area contributed by atoms with E-state index in [-0.39, 0.29) is 5.91 Å². The predicted octanol–water partition coefficient (Wildman–Crippen LogP) is 0.607. The van der Waals surface area contributed by atoms with Crippen LogP contribution in [0, 0.1) is 0 Å². The van der Waals surface area contributed by atoms with Gasteiger partial charge in [-0.05, 0) is 20.3 Å². The first-order valence-electron chi connectivity index (χ1n) is 4.95. The third-order valence-electron chi connectivity index (χ3n) is 2.43. The van der Waals surface area contributed by atoms with Crippen LogP contribution in [0.15, 0.2) is 0 Å². The Morgan fingerprint density at radius 3 is 2.36 bits per heavy atom. The maximum Gasteiger partial charge on any atom is 0.250 e. The van der Waals surface area contributed by atoms with Crippen molar-refractivity contribution in [3.05, 3.63) is 0 Å². The van der Waals surface area contributed by atoms with Crippen molar-refractivity contribution in [2.24, 2.45) is 5.73 Å². The molecule has 0 aromatic heterocycles. The zero-order valence-corrected chi connectivity index (χ0v) is 9.83. The van der Waals surface area contributed by atoms with Crippen LogP contribution in [-0.4, -0.2) is 43.2 Å². The van der Waals surface area contributed by atoms with Crippen LogP contribution in [-0.2, 0) is 9.53 Å². The standard InChI is InChI=1S/C10H22N2O2/c1-6-10(3,7-11)14-8(2)9(13)12(4)5/h8H,6-7,11H2,1-5H3. The van der Waals surface area contributed by atoms with Crippen LogP contribution in [0.4, 0.5) is 0 Å². The Labute approximate surface area is 86.4 Å². The zero-order chi connectivity index (χ0) is 11.4. The van der Waals surface area contributed by atoms with Gasteiger partial charge in [0.25, 0.3) is 5.91 Å². The molecule has 14 heavy (non-hydrogen) atoms. The van der Waals surface area contributed by atoms with Gasteiger partial charge in [0, 0.05) is 20.6 Å². The molecule has 4 nitrogen and oxygen atoms in total. The summed E-state index contributed by atoms with van der Waals surface area (Å²) in [5.41, 5.74) is 5.19. The lowest BCUT2D eigenvalue weighted by molar-refractivity contribution is -0.151. The summed E-state index contributed by atoms with van der Waals surface area (Å²) in [6, 6.07) is 0. The Hall–Kier alpha value is -0.610. The normalized spacial score (nSPS) is 17.3. The van der Waals surface area contributed by atoms with Gasteiger partial charge in [-0.1, -0.05) is 6.92 Å². The highest BCUT2D eigenvalue weighted by molar-refractivity contribution is 5.79. The molecule has 0 saturated heterocycles. The van der Waals surface area contributed by atoms with E-state index in [2.05, 4.69) is 0 Å². The summed E-state index contributed by atoms with van der Waals surface area (Å²) in [6.45, 7) is 6.10. The van der Waals surface area contributed by atoms with E-state index in [0.29, 0.717) is 6.54 Å². The zero-order valence-electron chi connectivity index (χ0n) is 9.83. The van der Waals surface area contributed by atoms with Crippen molar-refractivity contribution in [2.75, 3.05) is 20.6 Å². The minimum Gasteiger partial charge on any atom is -0.361 e. The van der Waals surface area contributed by atoms with E-state index in [1.165, 1.54) is 4.90 Å². The van der Waals surface area contributed by atoms with Crippen molar-refractivity contribution in [1.29, 1.82) is 0 Å². The Morgan fingerprint density at radius 2 is 2.07 bits per heavy atom. The number of ether oxygens (including phenoxy) is 1. The highest BCUT2D eigenvalue weighted by Gasteiger charge is 2.27. The van der Waals surface area contributed by atoms with Gasteiger partial charge in [-0.25, -0.2) is 0 Å². The number of nitrogens with zero attached hydrogens (tertiary/aromatic N) is 1. The van der Waals surface area contributed by atoms with E-state index < -0.39 is 11.7 Å². The number of hydrogen-bond donors (Lipinski definition) is 1. The molecule has 2 unspecified atom stereocenters. The van der Waals surface area contributed by atoms with Gasteiger partial charge in [0.15, 0.2) is 0 Å². The van der Waals surface area contributed by atoms with E-state index in [0.717, 1.165) is 6.42 Å². The molecule has 0 saturated carbocycles. The molecular formula is C10H22N2O2. The third-order valence-corrected chi connectivity index (χ3v) is 2.43. The van der Waals surface area contributed by atoms with Gasteiger partial charge < -0.3 is 15.4 Å². The lowest BCUT2D eigenvalue weighted by Gasteiger charge is -2.31. The topological polar surface area (TPSA) is 55.6 Å². The molecule has 2 N–H and O–H groups in total. The Bertz CT molecular complexity index is 189. The lowest BCUT2D eigenvalue weighted by atomic mass is 10.0. The maximum absolute atomic E-state index is 11.5. The first kappa shape index (κ1) is 13.4. The molecule has 0 aliphatic carbocycles. The third kappa shape index (κ3) is 3.64. The summed E-state index contributed by atoms with van der Waals surface area (Å²) in [5.74, 6) is -0.0295. The molecule has 0 rings (SSSR count). The van der Waals surface area contributed by atoms with E-state index in [1.54, 1.807) is 21.0 Å². The van der Waals surface area contributed by atoms with Crippen molar-refractivity contribution >= 4 is 5.91 Å². The van der Waals surface area contributed by atoms with Crippen LogP contribution in [0.2, 0.25) is 0 Å². The second-order valence-corrected chi connectivity index (χ2v) is 4.00. The number of carbonyl (C=O) groups is 1. The lowest BCUT2D eigenvalue weighted by Crippen LogP contribution is -2.44. The van der Waals surface area contributed by atoms with Crippen LogP contribution in [0.3, 0.4) is 0 Å². The van der Waals surface area contributed by atoms with Gasteiger partial charge >= 0.3 is 0 Å². The first-order valence-corrected chi connectivity index (χ1v) is 4.95. The van der Waals surface area contributed by atoms with Crippen molar-refractivity contribution < 1.29 is 9.53 Å². The van der Waals surface area contributed by atoms with E-state index in [4.69, 9.17) is 10.5 Å². The molecule has 0 aliphatic rings. The van der Waals surface area contributed by atoms with E-state index >= 15 is 0 Å². The van der Waals surface area contributed by atoms with Crippen LogP contribution in [0.1, 0.15) is 27.2 Å². The average molecular weight is 202 g/mol.